The Bertz CT molecular complexity index is 228. The molecule has 1 heteroatoms. The summed E-state index contributed by atoms with van der Waals surface area (Å²) in [5.41, 5.74) is 1.16. The second kappa shape index (κ2) is 3.29. The van der Waals surface area contributed by atoms with Crippen molar-refractivity contribution in [1.82, 2.24) is 0 Å². The van der Waals surface area contributed by atoms with Crippen LogP contribution in [0.3, 0.4) is 0 Å². The van der Waals surface area contributed by atoms with E-state index >= 15 is 0 Å². The largest absolute Gasteiger partial charge is 0.133 e. The van der Waals surface area contributed by atoms with Crippen molar-refractivity contribution in [1.29, 1.82) is 0 Å². The molecule has 0 saturated heterocycles. The lowest BCUT2D eigenvalue weighted by molar-refractivity contribution is 1.66. The Morgan fingerprint density at radius 1 is 1.22 bits per heavy atom. The molecule has 0 aliphatic carbocycles. The first-order chi connectivity index (χ1) is 4.43. The lowest BCUT2D eigenvalue weighted by atomic mass is 10.2. The van der Waals surface area contributed by atoms with E-state index in [4.69, 9.17) is 0 Å². The van der Waals surface area contributed by atoms with E-state index in [9.17, 15) is 0 Å². The highest BCUT2D eigenvalue weighted by molar-refractivity contribution is 7.88. The fraction of sp³-hybridized carbons (Fsp3) is 0.125. The number of rotatable bonds is 0. The zero-order valence-corrected chi connectivity index (χ0v) is 6.11. The van der Waals surface area contributed by atoms with Gasteiger partial charge in [0.2, 0.25) is 0 Å². The monoisotopic (exact) mass is 136 g/mol. The van der Waals surface area contributed by atoms with Crippen molar-refractivity contribution < 1.29 is 0 Å². The Labute approximate surface area is 59.1 Å². The molecule has 46 valence electrons. The van der Waals surface area contributed by atoms with Crippen molar-refractivity contribution >= 4 is 11.2 Å². The second-order valence-corrected chi connectivity index (χ2v) is 2.28. The number of benzene rings is 1. The van der Waals surface area contributed by atoms with Gasteiger partial charge in [-0.3, -0.25) is 0 Å². The maximum absolute atomic E-state index is 3.12. The maximum Gasteiger partial charge on any atom is 0.0268 e. The summed E-state index contributed by atoms with van der Waals surface area (Å²) in [6, 6.07) is 10.1. The van der Waals surface area contributed by atoms with E-state index in [0.717, 1.165) is 5.56 Å². The molecule has 1 aromatic rings. The third-order valence-corrected chi connectivity index (χ3v) is 1.43. The van der Waals surface area contributed by atoms with Crippen molar-refractivity contribution in [2.45, 2.75) is 0 Å². The SMILES string of the molecule is CS#Cc1ccccc1. The first-order valence-electron chi connectivity index (χ1n) is 2.77. The van der Waals surface area contributed by atoms with E-state index in [2.05, 4.69) is 5.18 Å². The molecule has 9 heavy (non-hydrogen) atoms. The molecule has 1 rings (SSSR count). The molecule has 0 aliphatic heterocycles. The summed E-state index contributed by atoms with van der Waals surface area (Å²) in [6.07, 6.45) is 2.01. The molecule has 0 fully saturated rings. The van der Waals surface area contributed by atoms with Crippen molar-refractivity contribution in [3.05, 3.63) is 35.9 Å². The third-order valence-electron chi connectivity index (χ3n) is 0.994. The van der Waals surface area contributed by atoms with Crippen LogP contribution in [0.5, 0.6) is 0 Å². The van der Waals surface area contributed by atoms with Crippen LogP contribution in [0.25, 0.3) is 0 Å². The predicted octanol–water partition coefficient (Wildman–Crippen LogP) is 2.36. The van der Waals surface area contributed by atoms with Crippen LogP contribution in [0.2, 0.25) is 0 Å². The highest BCUT2D eigenvalue weighted by atomic mass is 32.1. The fourth-order valence-corrected chi connectivity index (χ4v) is 0.996. The summed E-state index contributed by atoms with van der Waals surface area (Å²) < 4.78 is 0. The first kappa shape index (κ1) is 6.34. The van der Waals surface area contributed by atoms with Crippen LogP contribution < -0.4 is 0 Å². The number of hydrogen-bond donors (Lipinski definition) is 0. The zero-order chi connectivity index (χ0) is 6.53. The molecular weight excluding hydrogens is 128 g/mol. The second-order valence-electron chi connectivity index (χ2n) is 1.67. The average Bonchev–Trinajstić information content (AvgIpc) is 1.91. The van der Waals surface area contributed by atoms with Gasteiger partial charge in [0, 0.05) is 11.8 Å². The molecule has 0 nitrogen and oxygen atoms in total. The normalized spacial score (nSPS) is 8.11. The van der Waals surface area contributed by atoms with Gasteiger partial charge in [-0.25, -0.2) is 0 Å². The van der Waals surface area contributed by atoms with Gasteiger partial charge in [-0.05, 0) is 12.1 Å². The topological polar surface area (TPSA) is 0 Å². The third kappa shape index (κ3) is 1.88. The van der Waals surface area contributed by atoms with Crippen molar-refractivity contribution in [3.63, 3.8) is 0 Å². The standard InChI is InChI=1S/C8H8S/c1-9-7-8-5-3-2-4-6-8/h2-6H,1H3. The maximum atomic E-state index is 3.12. The summed E-state index contributed by atoms with van der Waals surface area (Å²) >= 11 is 1.60. The van der Waals surface area contributed by atoms with Gasteiger partial charge in [0.05, 0.1) is 0 Å². The molecule has 0 atom stereocenters. The molecule has 0 N–H and O–H groups in total. The Balaban J connectivity index is 2.94. The molecule has 1 aromatic carbocycles. The van der Waals surface area contributed by atoms with E-state index in [0.29, 0.717) is 0 Å². The molecular formula is C8H8S. The highest BCUT2D eigenvalue weighted by Crippen LogP contribution is 1.95. The molecule has 0 aromatic heterocycles. The van der Waals surface area contributed by atoms with Crippen molar-refractivity contribution in [3.8, 4) is 5.18 Å². The quantitative estimate of drug-likeness (QED) is 0.513. The van der Waals surface area contributed by atoms with Crippen LogP contribution in [-0.4, -0.2) is 6.26 Å². The smallest absolute Gasteiger partial charge is 0.0268 e. The van der Waals surface area contributed by atoms with Crippen LogP contribution in [0, 0.1) is 5.18 Å². The predicted molar refractivity (Wildman–Crippen MR) is 42.9 cm³/mol. The summed E-state index contributed by atoms with van der Waals surface area (Å²) in [7, 11) is 0. The van der Waals surface area contributed by atoms with Crippen molar-refractivity contribution in [2.75, 3.05) is 6.26 Å². The number of hydrogen-bond acceptors (Lipinski definition) is 0. The van der Waals surface area contributed by atoms with Crippen LogP contribution in [0.15, 0.2) is 30.3 Å². The van der Waals surface area contributed by atoms with E-state index in [1.165, 1.54) is 0 Å². The van der Waals surface area contributed by atoms with Crippen molar-refractivity contribution in [2.24, 2.45) is 0 Å². The van der Waals surface area contributed by atoms with E-state index in [1.54, 1.807) is 11.2 Å². The molecule has 0 amide bonds. The van der Waals surface area contributed by atoms with E-state index < -0.39 is 0 Å². The van der Waals surface area contributed by atoms with Gasteiger partial charge in [-0.1, -0.05) is 23.4 Å². The van der Waals surface area contributed by atoms with Gasteiger partial charge in [0.25, 0.3) is 0 Å². The molecule has 0 aliphatic rings. The molecule has 0 heterocycles. The molecule has 0 radical (unpaired) electrons. The van der Waals surface area contributed by atoms with Crippen LogP contribution in [0.1, 0.15) is 5.56 Å². The van der Waals surface area contributed by atoms with Gasteiger partial charge in [-0.15, -0.1) is 11.2 Å². The van der Waals surface area contributed by atoms with Crippen LogP contribution in [0.4, 0.5) is 0 Å². The minimum absolute atomic E-state index is 1.16. The fourth-order valence-electron chi connectivity index (χ4n) is 0.624. The molecule has 0 saturated carbocycles. The Morgan fingerprint density at radius 3 is 2.44 bits per heavy atom. The zero-order valence-electron chi connectivity index (χ0n) is 5.29. The lowest BCUT2D eigenvalue weighted by Crippen LogP contribution is -1.66. The summed E-state index contributed by atoms with van der Waals surface area (Å²) in [5.74, 6) is 0. The minimum atomic E-state index is 1.16. The Morgan fingerprint density at radius 2 is 1.89 bits per heavy atom. The molecule has 0 unspecified atom stereocenters. The average molecular weight is 136 g/mol. The van der Waals surface area contributed by atoms with E-state index in [-0.39, 0.29) is 0 Å². The highest BCUT2D eigenvalue weighted by Gasteiger charge is 1.77. The molecule has 0 bridgehead atoms. The summed E-state index contributed by atoms with van der Waals surface area (Å²) in [5, 5.41) is 3.12. The Hall–Kier alpha value is -0.780. The first-order valence-corrected chi connectivity index (χ1v) is 4.00. The van der Waals surface area contributed by atoms with Crippen LogP contribution >= 0.6 is 11.2 Å². The lowest BCUT2D eigenvalue weighted by Gasteiger charge is -1.83. The van der Waals surface area contributed by atoms with Gasteiger partial charge >= 0.3 is 0 Å². The molecule has 0 spiro atoms. The summed E-state index contributed by atoms with van der Waals surface area (Å²) in [6.45, 7) is 0. The minimum Gasteiger partial charge on any atom is -0.133 e. The van der Waals surface area contributed by atoms with Gasteiger partial charge in [0.1, 0.15) is 0 Å². The summed E-state index contributed by atoms with van der Waals surface area (Å²) in [4.78, 5) is 0. The van der Waals surface area contributed by atoms with Gasteiger partial charge in [0.15, 0.2) is 0 Å². The van der Waals surface area contributed by atoms with Gasteiger partial charge < -0.3 is 0 Å². The van der Waals surface area contributed by atoms with Crippen LogP contribution in [-0.2, 0) is 0 Å². The Kier molecular flexibility index (Phi) is 2.32. The van der Waals surface area contributed by atoms with E-state index in [1.807, 2.05) is 36.6 Å². The van der Waals surface area contributed by atoms with Gasteiger partial charge in [-0.2, -0.15) is 0 Å².